The van der Waals surface area contributed by atoms with E-state index in [1.165, 1.54) is 27.1 Å². The zero-order valence-electron chi connectivity index (χ0n) is 15.2. The number of halogens is 2. The third kappa shape index (κ3) is 2.53. The molecule has 0 aliphatic rings. The predicted molar refractivity (Wildman–Crippen MR) is 127 cm³/mol. The van der Waals surface area contributed by atoms with E-state index in [2.05, 4.69) is 82.7 Å². The molecule has 0 saturated carbocycles. The van der Waals surface area contributed by atoms with Crippen LogP contribution in [-0.4, -0.2) is 0 Å². The Bertz CT molecular complexity index is 1520. The molecule has 0 fully saturated rings. The van der Waals surface area contributed by atoms with Gasteiger partial charge in [0.05, 0.1) is 0 Å². The molecule has 0 aliphatic heterocycles. The molecule has 1 nitrogen and oxygen atoms in total. The van der Waals surface area contributed by atoms with Crippen molar-refractivity contribution in [1.82, 2.24) is 0 Å². The monoisotopic (exact) mass is 456 g/mol. The summed E-state index contributed by atoms with van der Waals surface area (Å²) in [6, 6.07) is 29.3. The SMILES string of the molecule is Clc1ccc2c(c1)oc1cc(-c3c4ccccc4c(Br)c4ccccc34)ccc12. The molecule has 1 aromatic heterocycles. The van der Waals surface area contributed by atoms with Gasteiger partial charge in [-0.3, -0.25) is 0 Å². The average Bonchev–Trinajstić information content (AvgIpc) is 3.10. The van der Waals surface area contributed by atoms with Gasteiger partial charge in [-0.15, -0.1) is 0 Å². The lowest BCUT2D eigenvalue weighted by molar-refractivity contribution is 0.669. The Kier molecular flexibility index (Phi) is 3.74. The van der Waals surface area contributed by atoms with E-state index in [1.54, 1.807) is 0 Å². The van der Waals surface area contributed by atoms with Crippen molar-refractivity contribution in [3.63, 3.8) is 0 Å². The van der Waals surface area contributed by atoms with Gasteiger partial charge in [-0.05, 0) is 72.9 Å². The van der Waals surface area contributed by atoms with Crippen LogP contribution < -0.4 is 0 Å². The molecule has 0 saturated heterocycles. The minimum atomic E-state index is 0.682. The molecule has 0 bridgehead atoms. The fourth-order valence-electron chi connectivity index (χ4n) is 4.29. The largest absolute Gasteiger partial charge is 0.456 e. The van der Waals surface area contributed by atoms with Crippen molar-refractivity contribution in [2.24, 2.45) is 0 Å². The molecule has 0 radical (unpaired) electrons. The molecule has 3 heteroatoms. The quantitative estimate of drug-likeness (QED) is 0.224. The fourth-order valence-corrected chi connectivity index (χ4v) is 5.15. The second kappa shape index (κ2) is 6.35. The first-order valence-corrected chi connectivity index (χ1v) is 10.6. The number of hydrogen-bond donors (Lipinski definition) is 0. The smallest absolute Gasteiger partial charge is 0.136 e. The molecule has 0 spiro atoms. The van der Waals surface area contributed by atoms with Crippen molar-refractivity contribution < 1.29 is 4.42 Å². The molecule has 6 aromatic rings. The van der Waals surface area contributed by atoms with Crippen LogP contribution in [-0.2, 0) is 0 Å². The van der Waals surface area contributed by atoms with Gasteiger partial charge in [-0.25, -0.2) is 0 Å². The van der Waals surface area contributed by atoms with E-state index >= 15 is 0 Å². The summed E-state index contributed by atoms with van der Waals surface area (Å²) >= 11 is 9.98. The van der Waals surface area contributed by atoms with E-state index in [4.69, 9.17) is 16.0 Å². The van der Waals surface area contributed by atoms with E-state index in [9.17, 15) is 0 Å². The van der Waals surface area contributed by atoms with Crippen LogP contribution in [0.2, 0.25) is 5.02 Å². The van der Waals surface area contributed by atoms with Gasteiger partial charge in [0.25, 0.3) is 0 Å². The van der Waals surface area contributed by atoms with Crippen molar-refractivity contribution in [3.8, 4) is 11.1 Å². The molecule has 0 unspecified atom stereocenters. The van der Waals surface area contributed by atoms with E-state index in [-0.39, 0.29) is 0 Å². The van der Waals surface area contributed by atoms with Gasteiger partial charge in [0.2, 0.25) is 0 Å². The standard InChI is InChI=1S/C26H14BrClO/c27-26-21-7-3-1-5-19(21)25(20-6-2-4-8-22(20)26)15-9-11-17-18-12-10-16(28)14-24(18)29-23(17)13-15/h1-14H. The van der Waals surface area contributed by atoms with Crippen LogP contribution in [0.5, 0.6) is 0 Å². The minimum Gasteiger partial charge on any atom is -0.456 e. The van der Waals surface area contributed by atoms with E-state index < -0.39 is 0 Å². The van der Waals surface area contributed by atoms with Crippen molar-refractivity contribution in [3.05, 3.63) is 94.4 Å². The van der Waals surface area contributed by atoms with Crippen molar-refractivity contribution in [2.45, 2.75) is 0 Å². The van der Waals surface area contributed by atoms with Crippen LogP contribution in [0.15, 0.2) is 93.8 Å². The first-order chi connectivity index (χ1) is 14.2. The fraction of sp³-hybridized carbons (Fsp3) is 0. The highest BCUT2D eigenvalue weighted by atomic mass is 79.9. The maximum atomic E-state index is 6.15. The van der Waals surface area contributed by atoms with E-state index in [0.717, 1.165) is 32.0 Å². The summed E-state index contributed by atoms with van der Waals surface area (Å²) in [5.41, 5.74) is 4.05. The Balaban J connectivity index is 1.74. The predicted octanol–water partition coefficient (Wildman–Crippen LogP) is 8.98. The van der Waals surface area contributed by atoms with Crippen LogP contribution in [0.3, 0.4) is 0 Å². The molecular formula is C26H14BrClO. The molecule has 0 amide bonds. The van der Waals surface area contributed by atoms with Crippen molar-refractivity contribution in [2.75, 3.05) is 0 Å². The maximum Gasteiger partial charge on any atom is 0.136 e. The second-order valence-electron chi connectivity index (χ2n) is 7.23. The van der Waals surface area contributed by atoms with Gasteiger partial charge in [0, 0.05) is 26.3 Å². The van der Waals surface area contributed by atoms with Crippen molar-refractivity contribution in [1.29, 1.82) is 0 Å². The summed E-state index contributed by atoms with van der Waals surface area (Å²) in [6.07, 6.45) is 0. The molecule has 6 rings (SSSR count). The number of fused-ring (bicyclic) bond motifs is 5. The van der Waals surface area contributed by atoms with E-state index in [1.807, 2.05) is 18.2 Å². The van der Waals surface area contributed by atoms with Gasteiger partial charge in [0.15, 0.2) is 0 Å². The Hall–Kier alpha value is -2.81. The third-order valence-corrected chi connectivity index (χ3v) is 6.68. The summed E-state index contributed by atoms with van der Waals surface area (Å²) < 4.78 is 7.28. The van der Waals surface area contributed by atoms with Crippen LogP contribution in [0.1, 0.15) is 0 Å². The lowest BCUT2D eigenvalue weighted by Gasteiger charge is -2.14. The van der Waals surface area contributed by atoms with Gasteiger partial charge in [-0.1, -0.05) is 66.2 Å². The Labute approximate surface area is 180 Å². The highest BCUT2D eigenvalue weighted by molar-refractivity contribution is 9.10. The summed E-state index contributed by atoms with van der Waals surface area (Å²) in [6.45, 7) is 0. The van der Waals surface area contributed by atoms with E-state index in [0.29, 0.717) is 5.02 Å². The zero-order valence-corrected chi connectivity index (χ0v) is 17.6. The molecular weight excluding hydrogens is 444 g/mol. The number of hydrogen-bond acceptors (Lipinski definition) is 1. The van der Waals surface area contributed by atoms with Crippen LogP contribution in [0.4, 0.5) is 0 Å². The molecule has 5 aromatic carbocycles. The van der Waals surface area contributed by atoms with Crippen LogP contribution in [0.25, 0.3) is 54.6 Å². The highest BCUT2D eigenvalue weighted by Gasteiger charge is 2.15. The maximum absolute atomic E-state index is 6.15. The second-order valence-corrected chi connectivity index (χ2v) is 8.46. The number of rotatable bonds is 1. The lowest BCUT2D eigenvalue weighted by Crippen LogP contribution is -1.87. The van der Waals surface area contributed by atoms with Gasteiger partial charge < -0.3 is 4.42 Å². The topological polar surface area (TPSA) is 13.1 Å². The Morgan fingerprint density at radius 2 is 1.14 bits per heavy atom. The average molecular weight is 458 g/mol. The summed E-state index contributed by atoms with van der Waals surface area (Å²) in [4.78, 5) is 0. The highest BCUT2D eigenvalue weighted by Crippen LogP contribution is 2.42. The zero-order chi connectivity index (χ0) is 19.5. The molecule has 0 N–H and O–H groups in total. The summed E-state index contributed by atoms with van der Waals surface area (Å²) in [5.74, 6) is 0. The molecule has 0 atom stereocenters. The summed E-state index contributed by atoms with van der Waals surface area (Å²) in [5, 5.41) is 7.72. The minimum absolute atomic E-state index is 0.682. The van der Waals surface area contributed by atoms with Gasteiger partial charge in [0.1, 0.15) is 11.2 Å². The molecule has 138 valence electrons. The van der Waals surface area contributed by atoms with Gasteiger partial charge >= 0.3 is 0 Å². The van der Waals surface area contributed by atoms with Crippen LogP contribution >= 0.6 is 27.5 Å². The number of furan rings is 1. The van der Waals surface area contributed by atoms with Crippen LogP contribution in [0, 0.1) is 0 Å². The molecule has 29 heavy (non-hydrogen) atoms. The lowest BCUT2D eigenvalue weighted by atomic mass is 9.91. The first-order valence-electron chi connectivity index (χ1n) is 9.42. The normalized spacial score (nSPS) is 11.8. The third-order valence-electron chi connectivity index (χ3n) is 5.59. The summed E-state index contributed by atoms with van der Waals surface area (Å²) in [7, 11) is 0. The van der Waals surface area contributed by atoms with Gasteiger partial charge in [-0.2, -0.15) is 0 Å². The first kappa shape index (κ1) is 17.1. The Morgan fingerprint density at radius 3 is 1.79 bits per heavy atom. The van der Waals surface area contributed by atoms with Crippen molar-refractivity contribution >= 4 is 71.0 Å². The molecule has 1 heterocycles. The number of benzene rings is 5. The molecule has 0 aliphatic carbocycles. The Morgan fingerprint density at radius 1 is 0.586 bits per heavy atom.